The van der Waals surface area contributed by atoms with E-state index in [1.165, 1.54) is 0 Å². The summed E-state index contributed by atoms with van der Waals surface area (Å²) in [5.41, 5.74) is 2.78. The van der Waals surface area contributed by atoms with Gasteiger partial charge in [0.15, 0.2) is 0 Å². The molecule has 0 bridgehead atoms. The van der Waals surface area contributed by atoms with Crippen LogP contribution >= 0.6 is 0 Å². The molecule has 1 heterocycles. The van der Waals surface area contributed by atoms with E-state index in [1.54, 1.807) is 30.3 Å². The summed E-state index contributed by atoms with van der Waals surface area (Å²) in [7, 11) is -3.68. The molecular weight excluding hydrogens is 372 g/mol. The van der Waals surface area contributed by atoms with Crippen molar-refractivity contribution in [1.82, 2.24) is 4.57 Å². The van der Waals surface area contributed by atoms with Crippen LogP contribution in [-0.2, 0) is 16.6 Å². The van der Waals surface area contributed by atoms with Crippen LogP contribution in [-0.4, -0.2) is 19.6 Å². The van der Waals surface area contributed by atoms with Gasteiger partial charge in [0.2, 0.25) is 0 Å². The zero-order valence-corrected chi connectivity index (χ0v) is 16.7. The average Bonchev–Trinajstić information content (AvgIpc) is 3.01. The largest absolute Gasteiger partial charge is 0.494 e. The molecule has 1 aromatic heterocycles. The Morgan fingerprint density at radius 1 is 0.893 bits per heavy atom. The summed E-state index contributed by atoms with van der Waals surface area (Å²) in [6, 6.07) is 20.3. The first-order valence-corrected chi connectivity index (χ1v) is 10.8. The van der Waals surface area contributed by atoms with Gasteiger partial charge in [0.1, 0.15) is 5.75 Å². The van der Waals surface area contributed by atoms with Gasteiger partial charge in [0, 0.05) is 34.0 Å². The molecule has 0 saturated carbocycles. The van der Waals surface area contributed by atoms with Gasteiger partial charge in [0.25, 0.3) is 10.0 Å². The number of fused-ring (bicyclic) bond motifs is 3. The van der Waals surface area contributed by atoms with Gasteiger partial charge in [-0.2, -0.15) is 0 Å². The summed E-state index contributed by atoms with van der Waals surface area (Å²) >= 11 is 0. The zero-order valence-electron chi connectivity index (χ0n) is 15.8. The van der Waals surface area contributed by atoms with Crippen molar-refractivity contribution in [2.45, 2.75) is 25.3 Å². The molecule has 144 valence electrons. The Hall–Kier alpha value is -2.99. The third-order valence-electron chi connectivity index (χ3n) is 4.79. The van der Waals surface area contributed by atoms with Crippen LogP contribution in [0.25, 0.3) is 21.8 Å². The van der Waals surface area contributed by atoms with Gasteiger partial charge in [-0.15, -0.1) is 0 Å². The van der Waals surface area contributed by atoms with E-state index in [4.69, 9.17) is 4.74 Å². The van der Waals surface area contributed by atoms with Crippen molar-refractivity contribution in [3.05, 3.63) is 66.7 Å². The molecule has 0 fully saturated rings. The van der Waals surface area contributed by atoms with Crippen molar-refractivity contribution in [1.29, 1.82) is 0 Å². The quantitative estimate of drug-likeness (QED) is 0.500. The second-order valence-electron chi connectivity index (χ2n) is 6.50. The minimum Gasteiger partial charge on any atom is -0.494 e. The third-order valence-corrected chi connectivity index (χ3v) is 6.18. The van der Waals surface area contributed by atoms with Gasteiger partial charge in [-0.1, -0.05) is 18.2 Å². The van der Waals surface area contributed by atoms with Gasteiger partial charge in [-0.05, 0) is 62.4 Å². The molecule has 3 aromatic carbocycles. The molecule has 0 aliphatic rings. The van der Waals surface area contributed by atoms with Crippen molar-refractivity contribution >= 4 is 37.5 Å². The lowest BCUT2D eigenvalue weighted by Crippen LogP contribution is -2.12. The van der Waals surface area contributed by atoms with E-state index in [0.717, 1.165) is 28.4 Å². The lowest BCUT2D eigenvalue weighted by atomic mass is 10.1. The number of ether oxygens (including phenoxy) is 1. The number of sulfonamides is 1. The summed E-state index contributed by atoms with van der Waals surface area (Å²) in [5.74, 6) is 0.648. The van der Waals surface area contributed by atoms with Crippen molar-refractivity contribution in [3.63, 3.8) is 0 Å². The van der Waals surface area contributed by atoms with Crippen LogP contribution in [0.1, 0.15) is 13.8 Å². The molecule has 0 aliphatic heterocycles. The molecule has 28 heavy (non-hydrogen) atoms. The molecule has 4 aromatic rings. The predicted molar refractivity (Wildman–Crippen MR) is 114 cm³/mol. The van der Waals surface area contributed by atoms with E-state index in [0.29, 0.717) is 18.0 Å². The molecule has 0 atom stereocenters. The SMILES string of the molecule is CCOc1ccc(S(=O)(=O)Nc2ccc3c(c2)c2ccccc2n3CC)cc1. The fraction of sp³-hybridized carbons (Fsp3) is 0.182. The van der Waals surface area contributed by atoms with Crippen molar-refractivity contribution in [2.75, 3.05) is 11.3 Å². The van der Waals surface area contributed by atoms with Crippen LogP contribution in [0.2, 0.25) is 0 Å². The molecule has 5 nitrogen and oxygen atoms in total. The normalized spacial score (nSPS) is 11.8. The fourth-order valence-electron chi connectivity index (χ4n) is 3.55. The minimum absolute atomic E-state index is 0.201. The zero-order chi connectivity index (χ0) is 19.7. The second-order valence-corrected chi connectivity index (χ2v) is 8.19. The topological polar surface area (TPSA) is 60.3 Å². The second kappa shape index (κ2) is 7.20. The first kappa shape index (κ1) is 18.4. The van der Waals surface area contributed by atoms with Crippen LogP contribution in [0.3, 0.4) is 0 Å². The molecular formula is C22H22N2O3S. The highest BCUT2D eigenvalue weighted by molar-refractivity contribution is 7.92. The van der Waals surface area contributed by atoms with E-state index in [9.17, 15) is 8.42 Å². The lowest BCUT2D eigenvalue weighted by Gasteiger charge is -2.10. The van der Waals surface area contributed by atoms with E-state index >= 15 is 0 Å². The van der Waals surface area contributed by atoms with Gasteiger partial charge < -0.3 is 9.30 Å². The molecule has 0 unspecified atom stereocenters. The summed E-state index contributed by atoms with van der Waals surface area (Å²) in [4.78, 5) is 0.201. The van der Waals surface area contributed by atoms with Crippen LogP contribution < -0.4 is 9.46 Å². The van der Waals surface area contributed by atoms with Gasteiger partial charge in [-0.3, -0.25) is 4.72 Å². The Bertz CT molecular complexity index is 1240. The van der Waals surface area contributed by atoms with Gasteiger partial charge >= 0.3 is 0 Å². The Kier molecular flexibility index (Phi) is 4.73. The number of nitrogens with zero attached hydrogens (tertiary/aromatic N) is 1. The van der Waals surface area contributed by atoms with Crippen LogP contribution in [0.5, 0.6) is 5.75 Å². The number of para-hydroxylation sites is 1. The van der Waals surface area contributed by atoms with Gasteiger partial charge in [0.05, 0.1) is 11.5 Å². The minimum atomic E-state index is -3.68. The lowest BCUT2D eigenvalue weighted by molar-refractivity contribution is 0.340. The molecule has 0 amide bonds. The molecule has 0 spiro atoms. The van der Waals surface area contributed by atoms with E-state index in [-0.39, 0.29) is 4.90 Å². The first-order valence-electron chi connectivity index (χ1n) is 9.30. The Morgan fingerprint density at radius 2 is 1.61 bits per heavy atom. The van der Waals surface area contributed by atoms with Crippen LogP contribution in [0.4, 0.5) is 5.69 Å². The Morgan fingerprint density at radius 3 is 2.32 bits per heavy atom. The molecule has 0 saturated heterocycles. The summed E-state index contributed by atoms with van der Waals surface area (Å²) < 4.78 is 35.8. The highest BCUT2D eigenvalue weighted by Crippen LogP contribution is 2.31. The average molecular weight is 394 g/mol. The summed E-state index contributed by atoms with van der Waals surface area (Å²) in [5, 5.41) is 2.14. The van der Waals surface area contributed by atoms with Crippen molar-refractivity contribution in [2.24, 2.45) is 0 Å². The van der Waals surface area contributed by atoms with Gasteiger partial charge in [-0.25, -0.2) is 8.42 Å². The van der Waals surface area contributed by atoms with E-state index in [1.807, 2.05) is 31.2 Å². The first-order chi connectivity index (χ1) is 13.5. The molecule has 1 N–H and O–H groups in total. The number of benzene rings is 3. The van der Waals surface area contributed by atoms with Crippen molar-refractivity contribution in [3.8, 4) is 5.75 Å². The maximum atomic E-state index is 12.8. The van der Waals surface area contributed by atoms with Crippen molar-refractivity contribution < 1.29 is 13.2 Å². The van der Waals surface area contributed by atoms with Crippen LogP contribution in [0.15, 0.2) is 71.6 Å². The Labute approximate surface area is 164 Å². The van der Waals surface area contributed by atoms with E-state index < -0.39 is 10.0 Å². The maximum absolute atomic E-state index is 12.8. The standard InChI is InChI=1S/C22H22N2O3S/c1-3-24-21-8-6-5-7-19(21)20-15-16(9-14-22(20)24)23-28(25,26)18-12-10-17(11-13-18)27-4-2/h5-15,23H,3-4H2,1-2H3. The summed E-state index contributed by atoms with van der Waals surface area (Å²) in [6.07, 6.45) is 0. The monoisotopic (exact) mass is 394 g/mol. The maximum Gasteiger partial charge on any atom is 0.261 e. The highest BCUT2D eigenvalue weighted by Gasteiger charge is 2.16. The number of anilines is 1. The predicted octanol–water partition coefficient (Wildman–Crippen LogP) is 5.01. The van der Waals surface area contributed by atoms with Crippen LogP contribution in [0, 0.1) is 0 Å². The number of aryl methyl sites for hydroxylation is 1. The third kappa shape index (κ3) is 3.20. The Balaban J connectivity index is 1.72. The number of aromatic nitrogens is 1. The summed E-state index contributed by atoms with van der Waals surface area (Å²) in [6.45, 7) is 5.38. The molecule has 6 heteroatoms. The number of hydrogen-bond acceptors (Lipinski definition) is 3. The smallest absolute Gasteiger partial charge is 0.261 e. The highest BCUT2D eigenvalue weighted by atomic mass is 32.2. The number of hydrogen-bond donors (Lipinski definition) is 1. The molecule has 0 radical (unpaired) electrons. The molecule has 0 aliphatic carbocycles. The number of rotatable bonds is 6. The molecule has 4 rings (SSSR count). The van der Waals surface area contributed by atoms with E-state index in [2.05, 4.69) is 28.3 Å². The number of nitrogens with one attached hydrogen (secondary N) is 1. The fourth-order valence-corrected chi connectivity index (χ4v) is 4.60.